The Morgan fingerprint density at radius 1 is 1.29 bits per heavy atom. The van der Waals surface area contributed by atoms with Gasteiger partial charge in [-0.1, -0.05) is 26.2 Å². The number of nitriles is 1. The van der Waals surface area contributed by atoms with E-state index in [0.717, 1.165) is 12.1 Å². The van der Waals surface area contributed by atoms with Crippen LogP contribution >= 0.6 is 0 Å². The Kier molecular flexibility index (Phi) is 4.71. The molecule has 2 heteroatoms. The minimum absolute atomic E-state index is 0.641. The topological polar surface area (TPSA) is 36.7 Å². The highest BCUT2D eigenvalue weighted by molar-refractivity contribution is 5.26. The van der Waals surface area contributed by atoms with Crippen molar-refractivity contribution in [2.75, 3.05) is 0 Å². The van der Waals surface area contributed by atoms with Crippen LogP contribution in [0, 0.1) is 11.3 Å². The second kappa shape index (κ2) is 6.15. The number of aromatic nitrogens is 1. The smallest absolute Gasteiger partial charge is 0.101 e. The molecule has 0 aliphatic carbocycles. The van der Waals surface area contributed by atoms with E-state index in [0.29, 0.717) is 5.56 Å². The van der Waals surface area contributed by atoms with E-state index in [-0.39, 0.29) is 0 Å². The van der Waals surface area contributed by atoms with Gasteiger partial charge in [-0.15, -0.1) is 0 Å². The van der Waals surface area contributed by atoms with Crippen LogP contribution in [0.3, 0.4) is 0 Å². The summed E-state index contributed by atoms with van der Waals surface area (Å²) in [5.41, 5.74) is 1.74. The van der Waals surface area contributed by atoms with Gasteiger partial charge < -0.3 is 0 Å². The van der Waals surface area contributed by atoms with Crippen LogP contribution in [-0.4, -0.2) is 4.98 Å². The summed E-state index contributed by atoms with van der Waals surface area (Å²) in [6.07, 6.45) is 7.73. The third-order valence-corrected chi connectivity index (χ3v) is 2.24. The van der Waals surface area contributed by atoms with Gasteiger partial charge in [-0.2, -0.15) is 5.26 Å². The molecule has 14 heavy (non-hydrogen) atoms. The van der Waals surface area contributed by atoms with E-state index in [2.05, 4.69) is 18.0 Å². The van der Waals surface area contributed by atoms with Gasteiger partial charge in [0.15, 0.2) is 0 Å². The molecule has 1 aromatic rings. The first-order valence-electron chi connectivity index (χ1n) is 5.22. The summed E-state index contributed by atoms with van der Waals surface area (Å²) < 4.78 is 0. The van der Waals surface area contributed by atoms with Crippen LogP contribution in [-0.2, 0) is 6.42 Å². The SMILES string of the molecule is CCCCCCc1ccc(C#N)cn1. The Balaban J connectivity index is 2.33. The third-order valence-electron chi connectivity index (χ3n) is 2.24. The van der Waals surface area contributed by atoms with Gasteiger partial charge in [-0.3, -0.25) is 4.98 Å². The molecule has 0 bridgehead atoms. The largest absolute Gasteiger partial charge is 0.260 e. The lowest BCUT2D eigenvalue weighted by Gasteiger charge is -1.99. The molecule has 0 fully saturated rings. The molecule has 0 radical (unpaired) electrons. The van der Waals surface area contributed by atoms with Gasteiger partial charge >= 0.3 is 0 Å². The molecule has 0 N–H and O–H groups in total. The van der Waals surface area contributed by atoms with E-state index in [1.807, 2.05) is 12.1 Å². The van der Waals surface area contributed by atoms with Crippen LogP contribution < -0.4 is 0 Å². The normalized spacial score (nSPS) is 9.71. The van der Waals surface area contributed by atoms with Crippen LogP contribution in [0.5, 0.6) is 0 Å². The Morgan fingerprint density at radius 2 is 2.14 bits per heavy atom. The van der Waals surface area contributed by atoms with Crippen molar-refractivity contribution in [2.45, 2.75) is 39.0 Å². The Morgan fingerprint density at radius 3 is 2.71 bits per heavy atom. The lowest BCUT2D eigenvalue weighted by atomic mass is 10.1. The summed E-state index contributed by atoms with van der Waals surface area (Å²) in [5.74, 6) is 0. The molecule has 1 aromatic heterocycles. The van der Waals surface area contributed by atoms with Crippen molar-refractivity contribution in [3.63, 3.8) is 0 Å². The van der Waals surface area contributed by atoms with Gasteiger partial charge in [-0.25, -0.2) is 0 Å². The summed E-state index contributed by atoms with van der Waals surface area (Å²) in [6.45, 7) is 2.21. The zero-order valence-corrected chi connectivity index (χ0v) is 8.66. The summed E-state index contributed by atoms with van der Waals surface area (Å²) >= 11 is 0. The van der Waals surface area contributed by atoms with Crippen molar-refractivity contribution < 1.29 is 0 Å². The van der Waals surface area contributed by atoms with Gasteiger partial charge in [-0.05, 0) is 25.0 Å². The van der Waals surface area contributed by atoms with Gasteiger partial charge in [0.2, 0.25) is 0 Å². The van der Waals surface area contributed by atoms with E-state index < -0.39 is 0 Å². The van der Waals surface area contributed by atoms with Crippen molar-refractivity contribution in [3.05, 3.63) is 29.6 Å². The molecule has 0 saturated heterocycles. The predicted octanol–water partition coefficient (Wildman–Crippen LogP) is 3.08. The standard InChI is InChI=1S/C12H16N2/c1-2-3-4-5-6-12-8-7-11(9-13)10-14-12/h7-8,10H,2-6H2,1H3. The summed E-state index contributed by atoms with van der Waals surface area (Å²) in [5, 5.41) is 8.58. The monoisotopic (exact) mass is 188 g/mol. The molecule has 0 aliphatic rings. The fraction of sp³-hybridized carbons (Fsp3) is 0.500. The number of pyridine rings is 1. The molecule has 1 heterocycles. The van der Waals surface area contributed by atoms with E-state index in [9.17, 15) is 0 Å². The lowest BCUT2D eigenvalue weighted by Crippen LogP contribution is -1.90. The molecule has 0 atom stereocenters. The lowest BCUT2D eigenvalue weighted by molar-refractivity contribution is 0.660. The summed E-state index contributed by atoms with van der Waals surface area (Å²) in [4.78, 5) is 4.22. The Hall–Kier alpha value is -1.36. The number of hydrogen-bond acceptors (Lipinski definition) is 2. The molecule has 0 saturated carbocycles. The first-order chi connectivity index (χ1) is 6.86. The van der Waals surface area contributed by atoms with Gasteiger partial charge in [0.25, 0.3) is 0 Å². The molecular formula is C12H16N2. The first kappa shape index (κ1) is 10.7. The maximum atomic E-state index is 8.58. The van der Waals surface area contributed by atoms with Crippen LogP contribution in [0.25, 0.3) is 0 Å². The summed E-state index contributed by atoms with van der Waals surface area (Å²) in [6, 6.07) is 5.85. The molecule has 0 aromatic carbocycles. The molecule has 0 amide bonds. The van der Waals surface area contributed by atoms with Crippen molar-refractivity contribution in [1.82, 2.24) is 4.98 Å². The molecular weight excluding hydrogens is 172 g/mol. The third kappa shape index (κ3) is 3.57. The molecule has 0 unspecified atom stereocenters. The number of unbranched alkanes of at least 4 members (excludes halogenated alkanes) is 3. The number of hydrogen-bond donors (Lipinski definition) is 0. The van der Waals surface area contributed by atoms with E-state index in [1.54, 1.807) is 6.20 Å². The maximum absolute atomic E-state index is 8.58. The average Bonchev–Trinajstić information content (AvgIpc) is 2.25. The average molecular weight is 188 g/mol. The zero-order valence-electron chi connectivity index (χ0n) is 8.66. The molecule has 1 rings (SSSR count). The van der Waals surface area contributed by atoms with Crippen LogP contribution in [0.2, 0.25) is 0 Å². The number of aryl methyl sites for hydroxylation is 1. The highest BCUT2D eigenvalue weighted by Crippen LogP contribution is 2.06. The highest BCUT2D eigenvalue weighted by atomic mass is 14.7. The van der Waals surface area contributed by atoms with Gasteiger partial charge in [0.05, 0.1) is 5.56 Å². The molecule has 0 spiro atoms. The number of nitrogens with zero attached hydrogens (tertiary/aromatic N) is 2. The Bertz CT molecular complexity index is 295. The maximum Gasteiger partial charge on any atom is 0.101 e. The second-order valence-corrected chi connectivity index (χ2v) is 3.46. The predicted molar refractivity (Wildman–Crippen MR) is 56.8 cm³/mol. The zero-order chi connectivity index (χ0) is 10.2. The highest BCUT2D eigenvalue weighted by Gasteiger charge is 1.95. The van der Waals surface area contributed by atoms with E-state index in [4.69, 9.17) is 5.26 Å². The molecule has 0 aliphatic heterocycles. The fourth-order valence-electron chi connectivity index (χ4n) is 1.37. The fourth-order valence-corrected chi connectivity index (χ4v) is 1.37. The number of rotatable bonds is 5. The van der Waals surface area contributed by atoms with E-state index >= 15 is 0 Å². The van der Waals surface area contributed by atoms with Crippen molar-refractivity contribution in [3.8, 4) is 6.07 Å². The van der Waals surface area contributed by atoms with Crippen molar-refractivity contribution >= 4 is 0 Å². The minimum atomic E-state index is 0.641. The van der Waals surface area contributed by atoms with Crippen LogP contribution in [0.4, 0.5) is 0 Å². The Labute approximate surface area is 85.6 Å². The van der Waals surface area contributed by atoms with Crippen LogP contribution in [0.15, 0.2) is 18.3 Å². The van der Waals surface area contributed by atoms with Gasteiger partial charge in [0.1, 0.15) is 6.07 Å². The van der Waals surface area contributed by atoms with Crippen molar-refractivity contribution in [2.24, 2.45) is 0 Å². The summed E-state index contributed by atoms with van der Waals surface area (Å²) in [7, 11) is 0. The van der Waals surface area contributed by atoms with Gasteiger partial charge in [0, 0.05) is 11.9 Å². The quantitative estimate of drug-likeness (QED) is 0.666. The molecule has 2 nitrogen and oxygen atoms in total. The minimum Gasteiger partial charge on any atom is -0.260 e. The first-order valence-corrected chi connectivity index (χ1v) is 5.22. The molecule has 74 valence electrons. The second-order valence-electron chi connectivity index (χ2n) is 3.46. The van der Waals surface area contributed by atoms with Crippen molar-refractivity contribution in [1.29, 1.82) is 5.26 Å². The van der Waals surface area contributed by atoms with E-state index in [1.165, 1.54) is 25.7 Å². The van der Waals surface area contributed by atoms with Crippen LogP contribution in [0.1, 0.15) is 43.9 Å².